The zero-order chi connectivity index (χ0) is 66.0. The second-order valence-corrected chi connectivity index (χ2v) is 23.1. The van der Waals surface area contributed by atoms with Gasteiger partial charge in [0.15, 0.2) is 5.72 Å². The van der Waals surface area contributed by atoms with Crippen molar-refractivity contribution in [2.45, 2.75) is 114 Å². The van der Waals surface area contributed by atoms with Crippen LogP contribution in [0.5, 0.6) is 5.75 Å². The van der Waals surface area contributed by atoms with Gasteiger partial charge in [-0.25, -0.2) is 24.0 Å². The maximum atomic E-state index is 14.4. The molecule has 494 valence electrons. The topological polar surface area (TPSA) is 331 Å². The van der Waals surface area contributed by atoms with E-state index in [1.165, 1.54) is 76.2 Å². The van der Waals surface area contributed by atoms with E-state index in [1.54, 1.807) is 56.4 Å². The standard InChI is InChI=1S/C60H80BrClN8O20/c1-35-13-11-15-46(82-10)60(80)30-45(88-56(77)66-60)36(2)53-59(4,90-53)47(29-51(74)70(8)43-27-39(25-35)28-44(81-9)52(43)62)89-54(75)37(3)69(7)50(73)19-24-85-57(78)67(5)21-22-68(6)58(79)86-32-38-16-17-41(42(26-38)64-48(71)18-20-63-49(72)31-61)65-55(76)87-40-14-12-23-83-34-84-33-40/h11-17,26-28,36-37,40,45-47,53,80H,18-25,29-34H2,1-10H3,(H,63,72)(H,64,71)(H,65,76)(H,66,77)/t36-,37+,40?,45+,46-,47+,53+,59+,60+/m1/s1. The molecule has 90 heavy (non-hydrogen) atoms. The summed E-state index contributed by atoms with van der Waals surface area (Å²) in [5.41, 5.74) is -0.620. The van der Waals surface area contributed by atoms with Gasteiger partial charge in [-0.2, -0.15) is 0 Å². The zero-order valence-corrected chi connectivity index (χ0v) is 54.3. The van der Waals surface area contributed by atoms with Crippen LogP contribution in [0.2, 0.25) is 5.02 Å². The first-order valence-electron chi connectivity index (χ1n) is 28.9. The van der Waals surface area contributed by atoms with E-state index in [9.17, 15) is 48.3 Å². The highest BCUT2D eigenvalue weighted by Crippen LogP contribution is 2.49. The molecule has 28 nitrogen and oxygen atoms in total. The minimum Gasteiger partial charge on any atom is -0.495 e. The lowest BCUT2D eigenvalue weighted by atomic mass is 9.83. The molecule has 0 aliphatic carbocycles. The number of amides is 8. The molecule has 4 aliphatic rings. The summed E-state index contributed by atoms with van der Waals surface area (Å²) in [5.74, 6) is -3.17. The SMILES string of the molecule is COc1cc2cc(c1Cl)N(C)C(=O)C[C@H](OC(=O)[C@H](C)N(C)C(=O)CCOC(=O)N(C)CCN(C)C(=O)OCc1ccc(NC(=O)OC3C=CCOCOC3)c(NC(=O)CCNC(=O)CBr)c1)[C@]1(C)O[C@H]1[C@H](C)[C@@H]1C[C@@](O)(NC(=O)O1)[C@H](OC)C=CC=C(C)C2. The molecule has 2 aromatic carbocycles. The number of alkyl carbamates (subject to hydrolysis) is 1. The normalized spacial score (nSPS) is 23.7. The average Bonchev–Trinajstić information content (AvgIpc) is 1.57. The second kappa shape index (κ2) is 33.0. The third-order valence-electron chi connectivity index (χ3n) is 15.5. The third kappa shape index (κ3) is 19.7. The van der Waals surface area contributed by atoms with E-state index in [4.69, 9.17) is 59.0 Å². The Morgan fingerprint density at radius 1 is 0.944 bits per heavy atom. The van der Waals surface area contributed by atoms with Crippen molar-refractivity contribution in [1.29, 1.82) is 0 Å². The molecule has 2 aromatic rings. The molecule has 0 saturated carbocycles. The van der Waals surface area contributed by atoms with E-state index in [2.05, 4.69) is 37.2 Å². The molecule has 9 atom stereocenters. The fourth-order valence-electron chi connectivity index (χ4n) is 9.89. The summed E-state index contributed by atoms with van der Waals surface area (Å²) in [7, 11) is 8.59. The van der Waals surface area contributed by atoms with Crippen LogP contribution in [0.15, 0.2) is 66.3 Å². The van der Waals surface area contributed by atoms with Gasteiger partial charge < -0.3 is 82.7 Å². The number of esters is 1. The van der Waals surface area contributed by atoms with Crippen molar-refractivity contribution in [3.8, 4) is 5.75 Å². The van der Waals surface area contributed by atoms with Crippen LogP contribution in [0.1, 0.15) is 64.5 Å². The van der Waals surface area contributed by atoms with Crippen LogP contribution in [0.3, 0.4) is 0 Å². The van der Waals surface area contributed by atoms with E-state index in [0.717, 1.165) is 16.0 Å². The number of aliphatic hydroxyl groups is 1. The van der Waals surface area contributed by atoms with Crippen LogP contribution in [-0.2, 0) is 79.6 Å². The smallest absolute Gasteiger partial charge is 0.412 e. The Bertz CT molecular complexity index is 3040. The fraction of sp³-hybridized carbons (Fsp3) is 0.550. The van der Waals surface area contributed by atoms with Crippen LogP contribution < -0.4 is 30.9 Å². The molecule has 4 bridgehead atoms. The molecule has 5 N–H and O–H groups in total. The Morgan fingerprint density at radius 3 is 2.37 bits per heavy atom. The molecule has 1 unspecified atom stereocenters. The number of nitrogens with one attached hydrogen (secondary N) is 4. The molecule has 2 fully saturated rings. The number of hydrogen-bond donors (Lipinski definition) is 5. The molecule has 2 saturated heterocycles. The van der Waals surface area contributed by atoms with Crippen LogP contribution in [0, 0.1) is 5.92 Å². The van der Waals surface area contributed by atoms with Gasteiger partial charge in [-0.3, -0.25) is 29.8 Å². The van der Waals surface area contributed by atoms with Crippen LogP contribution >= 0.6 is 27.5 Å². The summed E-state index contributed by atoms with van der Waals surface area (Å²) in [5, 5.41) is 22.5. The lowest BCUT2D eigenvalue weighted by molar-refractivity contribution is -0.162. The monoisotopic (exact) mass is 1350 g/mol. The number of nitrogens with zero attached hydrogens (tertiary/aromatic N) is 4. The highest BCUT2D eigenvalue weighted by atomic mass is 79.9. The number of ether oxygens (including phenoxy) is 10. The van der Waals surface area contributed by atoms with Crippen LogP contribution in [0.4, 0.5) is 36.2 Å². The molecule has 4 heterocycles. The number of likely N-dealkylation sites (N-methyl/N-ethyl adjacent to an activating group) is 3. The number of benzene rings is 2. The quantitative estimate of drug-likeness (QED) is 0.0356. The fourth-order valence-corrected chi connectivity index (χ4v) is 10.4. The summed E-state index contributed by atoms with van der Waals surface area (Å²) in [6.45, 7) is 6.38. The summed E-state index contributed by atoms with van der Waals surface area (Å²) < 4.78 is 56.3. The Kier molecular flexibility index (Phi) is 26.2. The van der Waals surface area contributed by atoms with Gasteiger partial charge in [0.2, 0.25) is 23.6 Å². The number of epoxide rings is 1. The lowest BCUT2D eigenvalue weighted by Crippen LogP contribution is -2.63. The number of hydrogen-bond acceptors (Lipinski definition) is 20. The summed E-state index contributed by atoms with van der Waals surface area (Å²) >= 11 is 9.87. The van der Waals surface area contributed by atoms with Crippen LogP contribution in [-0.4, -0.2) is 216 Å². The first-order chi connectivity index (χ1) is 42.7. The Balaban J connectivity index is 1.03. The minimum atomic E-state index is -1.91. The van der Waals surface area contributed by atoms with Gasteiger partial charge in [-0.1, -0.05) is 70.4 Å². The predicted molar refractivity (Wildman–Crippen MR) is 329 cm³/mol. The Morgan fingerprint density at radius 2 is 1.67 bits per heavy atom. The van der Waals surface area contributed by atoms with E-state index in [0.29, 0.717) is 23.4 Å². The number of allylic oxidation sites excluding steroid dienone is 3. The average molecular weight is 1350 g/mol. The Hall–Kier alpha value is -7.54. The van der Waals surface area contributed by atoms with Crippen molar-refractivity contribution < 1.29 is 95.6 Å². The molecular formula is C60H80BrClN8O20. The van der Waals surface area contributed by atoms with Crippen molar-refractivity contribution in [3.05, 3.63) is 82.4 Å². The largest absolute Gasteiger partial charge is 0.495 e. The molecule has 0 spiro atoms. The maximum absolute atomic E-state index is 14.4. The first kappa shape index (κ1) is 71.5. The number of methoxy groups -OCH3 is 2. The second-order valence-electron chi connectivity index (χ2n) is 22.2. The molecule has 0 radical (unpaired) electrons. The summed E-state index contributed by atoms with van der Waals surface area (Å²) in [6.07, 6.45) is -0.269. The summed E-state index contributed by atoms with van der Waals surface area (Å²) in [6, 6.07) is 6.78. The van der Waals surface area contributed by atoms with Gasteiger partial charge in [-0.05, 0) is 68.7 Å². The molecule has 0 aromatic heterocycles. The van der Waals surface area contributed by atoms with E-state index < -0.39 is 115 Å². The highest BCUT2D eigenvalue weighted by molar-refractivity contribution is 9.09. The molecule has 30 heteroatoms. The van der Waals surface area contributed by atoms with E-state index in [1.807, 2.05) is 13.0 Å². The van der Waals surface area contributed by atoms with Crippen molar-refractivity contribution in [3.63, 3.8) is 0 Å². The number of halogens is 2. The predicted octanol–water partition coefficient (Wildman–Crippen LogP) is 5.56. The molecule has 4 aliphatic heterocycles. The van der Waals surface area contributed by atoms with Gasteiger partial charge in [0.1, 0.15) is 66.8 Å². The maximum Gasteiger partial charge on any atom is 0.412 e. The number of fused-ring (bicyclic) bond motifs is 5. The highest BCUT2D eigenvalue weighted by Gasteiger charge is 2.64. The van der Waals surface area contributed by atoms with Gasteiger partial charge in [0.25, 0.3) is 0 Å². The number of rotatable bonds is 20. The Labute approximate surface area is 535 Å². The third-order valence-corrected chi connectivity index (χ3v) is 16.4. The van der Waals surface area contributed by atoms with E-state index in [-0.39, 0.29) is 93.1 Å². The molecular weight excluding hydrogens is 1270 g/mol. The zero-order valence-electron chi connectivity index (χ0n) is 52.0. The molecule has 6 rings (SSSR count). The first-order valence-corrected chi connectivity index (χ1v) is 30.4. The van der Waals surface area contributed by atoms with Crippen molar-refractivity contribution >= 4 is 98.6 Å². The van der Waals surface area contributed by atoms with E-state index >= 15 is 0 Å². The van der Waals surface area contributed by atoms with Crippen molar-refractivity contribution in [2.24, 2.45) is 5.92 Å². The number of carbonyl (C=O) groups is 9. The number of carbonyl (C=O) groups excluding carboxylic acids is 9. The van der Waals surface area contributed by atoms with Crippen molar-refractivity contribution in [2.75, 3.05) is 110 Å². The number of alkyl halides is 1. The van der Waals surface area contributed by atoms with Crippen molar-refractivity contribution in [1.82, 2.24) is 25.3 Å². The summed E-state index contributed by atoms with van der Waals surface area (Å²) in [4.78, 5) is 124. The number of anilines is 3. The molecule has 8 amide bonds. The van der Waals surface area contributed by atoms with Crippen LogP contribution in [0.25, 0.3) is 0 Å². The van der Waals surface area contributed by atoms with Gasteiger partial charge in [0.05, 0.1) is 61.7 Å². The van der Waals surface area contributed by atoms with Gasteiger partial charge in [-0.15, -0.1) is 0 Å². The van der Waals surface area contributed by atoms with Gasteiger partial charge in [0, 0.05) is 73.7 Å². The lowest BCUT2D eigenvalue weighted by Gasteiger charge is -2.42. The van der Waals surface area contributed by atoms with Gasteiger partial charge >= 0.3 is 30.3 Å². The minimum absolute atomic E-state index is 0.0147.